The van der Waals surface area contributed by atoms with E-state index in [-0.39, 0.29) is 5.41 Å². The average molecular weight is 713 g/mol. The number of fused-ring (bicyclic) bond motifs is 3. The first-order valence-corrected chi connectivity index (χ1v) is 22.9. The molecule has 270 valence electrons. The Balaban J connectivity index is 1.41. The third kappa shape index (κ3) is 5.71. The summed E-state index contributed by atoms with van der Waals surface area (Å²) in [7, 11) is -0.373. The minimum atomic E-state index is -2.23. The fraction of sp³-hybridized carbons (Fsp3) is 0.333. The minimum Gasteiger partial charge on any atom is -0.496 e. The van der Waals surface area contributed by atoms with Crippen molar-refractivity contribution in [1.29, 1.82) is 0 Å². The molecule has 0 N–H and O–H groups in total. The molecule has 5 aromatic rings. The van der Waals surface area contributed by atoms with Crippen LogP contribution in [0.2, 0.25) is 13.1 Å². The van der Waals surface area contributed by atoms with E-state index in [0.29, 0.717) is 11.1 Å². The summed E-state index contributed by atoms with van der Waals surface area (Å²) in [4.78, 5) is 0. The van der Waals surface area contributed by atoms with Gasteiger partial charge in [-0.05, 0) is 120 Å². The summed E-state index contributed by atoms with van der Waals surface area (Å²) < 4.78 is 6.40. The quantitative estimate of drug-likeness (QED) is 0.159. The molecule has 1 nitrogen and oxygen atoms in total. The number of benzene rings is 5. The number of methoxy groups -OCH3 is 1. The topological polar surface area (TPSA) is 9.23 Å². The predicted molar refractivity (Wildman–Crippen MR) is 231 cm³/mol. The van der Waals surface area contributed by atoms with E-state index in [0.717, 1.165) is 18.6 Å². The lowest BCUT2D eigenvalue weighted by Gasteiger charge is -2.41. The summed E-state index contributed by atoms with van der Waals surface area (Å²) >= 11 is 0. The summed E-state index contributed by atoms with van der Waals surface area (Å²) in [6, 6.07) is 30.2. The van der Waals surface area contributed by atoms with Crippen LogP contribution < -0.4 is 4.74 Å². The number of hydrogen-bond donors (Lipinski definition) is 0. The second kappa shape index (κ2) is 12.9. The van der Waals surface area contributed by atoms with E-state index < -0.39 is 8.07 Å². The van der Waals surface area contributed by atoms with E-state index in [1.54, 1.807) is 16.7 Å². The second-order valence-corrected chi connectivity index (χ2v) is 22.8. The van der Waals surface area contributed by atoms with Gasteiger partial charge in [0, 0.05) is 22.2 Å². The smallest absolute Gasteiger partial charge is 0.131 e. The molecular weight excluding hydrogens is 657 g/mol. The highest BCUT2D eigenvalue weighted by atomic mass is 28.3. The first-order valence-electron chi connectivity index (χ1n) is 19.7. The van der Waals surface area contributed by atoms with Crippen LogP contribution in [0, 0.1) is 20.8 Å². The molecule has 8 rings (SSSR count). The second-order valence-electron chi connectivity index (χ2n) is 18.0. The van der Waals surface area contributed by atoms with Gasteiger partial charge in [-0.2, -0.15) is 0 Å². The Morgan fingerprint density at radius 1 is 0.604 bits per heavy atom. The minimum absolute atomic E-state index is 0.0803. The molecule has 0 aliphatic heterocycles. The highest BCUT2D eigenvalue weighted by molar-refractivity contribution is 6.82. The molecule has 0 saturated carbocycles. The number of aryl methyl sites for hydroxylation is 3. The molecule has 0 bridgehead atoms. The zero-order valence-corrected chi connectivity index (χ0v) is 34.8. The van der Waals surface area contributed by atoms with Crippen molar-refractivity contribution < 1.29 is 4.74 Å². The lowest BCUT2D eigenvalue weighted by atomic mass is 9.81. The van der Waals surface area contributed by atoms with Gasteiger partial charge in [-0.3, -0.25) is 0 Å². The van der Waals surface area contributed by atoms with Crippen molar-refractivity contribution >= 4 is 20.2 Å². The van der Waals surface area contributed by atoms with Crippen molar-refractivity contribution in [2.24, 2.45) is 0 Å². The molecule has 0 saturated heterocycles. The normalized spacial score (nSPS) is 17.7. The van der Waals surface area contributed by atoms with Gasteiger partial charge in [0.15, 0.2) is 0 Å². The Bertz CT molecular complexity index is 2380. The molecule has 0 radical (unpaired) electrons. The van der Waals surface area contributed by atoms with Gasteiger partial charge in [0.1, 0.15) is 5.75 Å². The van der Waals surface area contributed by atoms with Crippen LogP contribution >= 0.6 is 0 Å². The fourth-order valence-corrected chi connectivity index (χ4v) is 15.7. The highest BCUT2D eigenvalue weighted by Gasteiger charge is 2.49. The van der Waals surface area contributed by atoms with Gasteiger partial charge >= 0.3 is 0 Å². The summed E-state index contributed by atoms with van der Waals surface area (Å²) in [5.41, 5.74) is 26.4. The monoisotopic (exact) mass is 712 g/mol. The Kier molecular flexibility index (Phi) is 8.65. The van der Waals surface area contributed by atoms with Crippen LogP contribution in [0.5, 0.6) is 5.75 Å². The molecule has 0 amide bonds. The number of allylic oxidation sites excluding steroid dienone is 2. The van der Waals surface area contributed by atoms with E-state index >= 15 is 0 Å². The maximum Gasteiger partial charge on any atom is 0.131 e. The van der Waals surface area contributed by atoms with Crippen molar-refractivity contribution in [2.45, 2.75) is 104 Å². The maximum absolute atomic E-state index is 6.40. The summed E-state index contributed by atoms with van der Waals surface area (Å²) in [5, 5.41) is 0. The van der Waals surface area contributed by atoms with Crippen LogP contribution in [0.25, 0.3) is 45.5 Å². The summed E-state index contributed by atoms with van der Waals surface area (Å²) in [6.07, 6.45) is 8.67. The molecule has 0 fully saturated rings. The maximum atomic E-state index is 6.40. The average Bonchev–Trinajstić information content (AvgIpc) is 3.80. The zero-order valence-electron chi connectivity index (χ0n) is 33.8. The Morgan fingerprint density at radius 3 is 1.62 bits per heavy atom. The fourth-order valence-electron chi connectivity index (χ4n) is 10.8. The SMILES string of the molecule is COc1c(C(C)(C)C)cc2c(c1-c1cccc(C)c1)C=C(C)C2[Si](C)(C)C1C(C)=Cc2c(-c3cccc(C)c3)c3c(c(-c4cccc(C)c4)c21)CCC3. The van der Waals surface area contributed by atoms with Gasteiger partial charge in [0.25, 0.3) is 0 Å². The zero-order chi connectivity index (χ0) is 37.6. The van der Waals surface area contributed by atoms with Crippen molar-refractivity contribution in [3.63, 3.8) is 0 Å². The van der Waals surface area contributed by atoms with Crippen LogP contribution in [0.15, 0.2) is 90.0 Å². The standard InChI is InChI=1S/C51H56OSi/c1-30-16-12-19-35(24-30)44-38-22-15-23-39(38)45(36-20-13-17-31(2)25-36)47-42(44)28-34(5)50(47)53(10,11)49-33(4)27-40-41(49)29-43(51(6,7)8)48(52-9)46(40)37-21-14-18-32(3)26-37/h12-14,16-21,24-29,49-50H,15,22-23H2,1-11H3. The van der Waals surface area contributed by atoms with Crippen LogP contribution in [-0.4, -0.2) is 15.2 Å². The van der Waals surface area contributed by atoms with E-state index in [9.17, 15) is 0 Å². The van der Waals surface area contributed by atoms with Gasteiger partial charge in [0.2, 0.25) is 0 Å². The summed E-state index contributed by atoms with van der Waals surface area (Å²) in [6.45, 7) is 24.0. The van der Waals surface area contributed by atoms with E-state index in [4.69, 9.17) is 4.74 Å². The molecule has 2 unspecified atom stereocenters. The third-order valence-corrected chi connectivity index (χ3v) is 17.2. The first kappa shape index (κ1) is 35.6. The largest absolute Gasteiger partial charge is 0.496 e. The van der Waals surface area contributed by atoms with Crippen molar-refractivity contribution in [3.8, 4) is 39.1 Å². The van der Waals surface area contributed by atoms with Crippen LogP contribution in [0.1, 0.15) is 108 Å². The van der Waals surface area contributed by atoms with Crippen molar-refractivity contribution in [1.82, 2.24) is 0 Å². The summed E-state index contributed by atoms with van der Waals surface area (Å²) in [5.74, 6) is 1.02. The molecule has 2 heteroatoms. The molecule has 5 aromatic carbocycles. The Morgan fingerprint density at radius 2 is 1.09 bits per heavy atom. The molecule has 0 spiro atoms. The molecule has 0 heterocycles. The third-order valence-electron chi connectivity index (χ3n) is 12.7. The number of rotatable bonds is 6. The highest BCUT2D eigenvalue weighted by Crippen LogP contribution is 2.59. The van der Waals surface area contributed by atoms with Gasteiger partial charge < -0.3 is 4.74 Å². The first-order chi connectivity index (χ1) is 25.2. The van der Waals surface area contributed by atoms with Gasteiger partial charge in [-0.25, -0.2) is 0 Å². The molecular formula is C51H56OSi. The van der Waals surface area contributed by atoms with Gasteiger partial charge in [-0.15, -0.1) is 0 Å². The molecule has 2 atom stereocenters. The predicted octanol–water partition coefficient (Wildman–Crippen LogP) is 13.9. The van der Waals surface area contributed by atoms with Gasteiger partial charge in [0.05, 0.1) is 15.2 Å². The van der Waals surface area contributed by atoms with Crippen molar-refractivity contribution in [3.05, 3.63) is 146 Å². The van der Waals surface area contributed by atoms with Crippen LogP contribution in [-0.2, 0) is 18.3 Å². The number of hydrogen-bond acceptors (Lipinski definition) is 1. The van der Waals surface area contributed by atoms with E-state index in [2.05, 4.69) is 159 Å². The molecule has 3 aliphatic carbocycles. The lowest BCUT2D eigenvalue weighted by molar-refractivity contribution is 0.399. The van der Waals surface area contributed by atoms with Crippen molar-refractivity contribution in [2.75, 3.05) is 7.11 Å². The van der Waals surface area contributed by atoms with E-state index in [1.165, 1.54) is 89.9 Å². The van der Waals surface area contributed by atoms with E-state index in [1.807, 2.05) is 7.11 Å². The van der Waals surface area contributed by atoms with Crippen LogP contribution in [0.4, 0.5) is 0 Å². The molecule has 53 heavy (non-hydrogen) atoms. The molecule has 0 aromatic heterocycles. The van der Waals surface area contributed by atoms with Crippen LogP contribution in [0.3, 0.4) is 0 Å². The molecule has 3 aliphatic rings. The Labute approximate surface area is 319 Å². The Hall–Kier alpha value is -4.40. The lowest BCUT2D eigenvalue weighted by Crippen LogP contribution is -2.42. The van der Waals surface area contributed by atoms with Gasteiger partial charge in [-0.1, -0.05) is 153 Å². The number of ether oxygens (including phenoxy) is 1.